The summed E-state index contributed by atoms with van der Waals surface area (Å²) in [6.45, 7) is 1.00. The van der Waals surface area contributed by atoms with Gasteiger partial charge in [0.25, 0.3) is 11.5 Å². The summed E-state index contributed by atoms with van der Waals surface area (Å²) in [5.74, 6) is -5.07. The van der Waals surface area contributed by atoms with Crippen LogP contribution < -0.4 is 19.9 Å². The quantitative estimate of drug-likeness (QED) is 0.0856. The van der Waals surface area contributed by atoms with Gasteiger partial charge in [-0.1, -0.05) is 41.9 Å². The number of esters is 1. The molecule has 0 fully saturated rings. The Balaban J connectivity index is 1.31. The standard InChI is InChI=1S/C37H28ClF2N5O6/c1-45-14-13-43-34(45)24-17-21(51-37(36(47)48-2)25-6-4-3-5-22(25)23-10-8-20(38)16-26(23)37)9-12-29(24)49-32-27(39)18-44-35(31(32)40)50-30-15-19(33(41)42)7-11-28(30)46/h3-12,15-18,46H,13-14H2,1-2H3,(H3,41,42). The maximum atomic E-state index is 15.9. The highest BCUT2D eigenvalue weighted by atomic mass is 35.5. The maximum Gasteiger partial charge on any atom is 0.359 e. The molecule has 4 aromatic carbocycles. The maximum absolute atomic E-state index is 15.9. The number of aromatic hydroxyl groups is 1. The molecule has 2 aliphatic rings. The van der Waals surface area contributed by atoms with Crippen LogP contribution in [-0.4, -0.2) is 59.9 Å². The number of ether oxygens (including phenoxy) is 4. The number of hydrogen-bond donors (Lipinski definition) is 3. The molecule has 0 saturated carbocycles. The van der Waals surface area contributed by atoms with Gasteiger partial charge in [0.05, 0.1) is 25.4 Å². The molecule has 0 spiro atoms. The minimum atomic E-state index is -1.75. The molecular weight excluding hydrogens is 684 g/mol. The molecule has 0 radical (unpaired) electrons. The fraction of sp³-hybridized carbons (Fsp3) is 0.135. The Labute approximate surface area is 295 Å². The molecule has 51 heavy (non-hydrogen) atoms. The number of aromatic nitrogens is 1. The van der Waals surface area contributed by atoms with Gasteiger partial charge in [0.1, 0.15) is 23.2 Å². The molecule has 0 saturated heterocycles. The second-order valence-electron chi connectivity index (χ2n) is 11.6. The predicted octanol–water partition coefficient (Wildman–Crippen LogP) is 6.76. The SMILES string of the molecule is COC(=O)C1(Oc2ccc(Oc3c(F)cnc(Oc4cc(C(=N)N)ccc4O)c3F)c(C3=NCCN3C)c2)c2ccccc2-c2ccc(Cl)cc21. The van der Waals surface area contributed by atoms with Gasteiger partial charge in [0.2, 0.25) is 11.6 Å². The second kappa shape index (κ2) is 12.9. The van der Waals surface area contributed by atoms with Crippen molar-refractivity contribution >= 4 is 29.2 Å². The van der Waals surface area contributed by atoms with Crippen molar-refractivity contribution in [3.05, 3.63) is 124 Å². The monoisotopic (exact) mass is 711 g/mol. The number of rotatable bonds is 9. The number of methoxy groups -OCH3 is 1. The molecule has 11 nitrogen and oxygen atoms in total. The number of phenolic OH excluding ortho intramolecular Hbond substituents is 1. The zero-order valence-corrected chi connectivity index (χ0v) is 27.8. The minimum Gasteiger partial charge on any atom is -0.504 e. The number of carbonyl (C=O) groups excluding carboxylic acids is 1. The third kappa shape index (κ3) is 5.70. The first-order valence-corrected chi connectivity index (χ1v) is 15.8. The van der Waals surface area contributed by atoms with Crippen LogP contribution in [0.2, 0.25) is 5.02 Å². The Bertz CT molecular complexity index is 2290. The van der Waals surface area contributed by atoms with Gasteiger partial charge >= 0.3 is 5.97 Å². The Morgan fingerprint density at radius 3 is 2.51 bits per heavy atom. The molecule has 0 bridgehead atoms. The summed E-state index contributed by atoms with van der Waals surface area (Å²) in [5, 5.41) is 18.3. The highest BCUT2D eigenvalue weighted by molar-refractivity contribution is 6.30. The smallest absolute Gasteiger partial charge is 0.359 e. The number of likely N-dealkylation sites (N-methyl/N-ethyl adjacent to an activating group) is 1. The van der Waals surface area contributed by atoms with Gasteiger partial charge in [-0.25, -0.2) is 14.2 Å². The van der Waals surface area contributed by atoms with Gasteiger partial charge < -0.3 is 34.7 Å². The van der Waals surface area contributed by atoms with Crippen LogP contribution in [0.25, 0.3) is 11.1 Å². The largest absolute Gasteiger partial charge is 0.504 e. The Kier molecular flexibility index (Phi) is 8.43. The van der Waals surface area contributed by atoms with Gasteiger partial charge in [0.15, 0.2) is 17.3 Å². The van der Waals surface area contributed by atoms with Crippen molar-refractivity contribution in [3.63, 3.8) is 0 Å². The first-order chi connectivity index (χ1) is 24.5. The van der Waals surface area contributed by atoms with Gasteiger partial charge in [-0.3, -0.25) is 10.4 Å². The van der Waals surface area contributed by atoms with Crippen molar-refractivity contribution in [1.29, 1.82) is 5.41 Å². The molecule has 1 aromatic heterocycles. The zero-order valence-electron chi connectivity index (χ0n) is 27.0. The van der Waals surface area contributed by atoms with E-state index in [0.717, 1.165) is 11.1 Å². The van der Waals surface area contributed by atoms with E-state index in [0.29, 0.717) is 46.8 Å². The van der Waals surface area contributed by atoms with Gasteiger partial charge in [-0.05, 0) is 59.7 Å². The Morgan fingerprint density at radius 1 is 0.980 bits per heavy atom. The number of nitrogen functional groups attached to an aromatic ring is 1. The van der Waals surface area contributed by atoms with Crippen molar-refractivity contribution in [3.8, 4) is 45.8 Å². The number of benzene rings is 4. The summed E-state index contributed by atoms with van der Waals surface area (Å²) < 4.78 is 54.5. The molecule has 4 N–H and O–H groups in total. The van der Waals surface area contributed by atoms with E-state index in [1.165, 1.54) is 37.4 Å². The predicted molar refractivity (Wildman–Crippen MR) is 184 cm³/mol. The first-order valence-electron chi connectivity index (χ1n) is 15.5. The van der Waals surface area contributed by atoms with Crippen molar-refractivity contribution in [1.82, 2.24) is 9.88 Å². The Morgan fingerprint density at radius 2 is 1.76 bits per heavy atom. The number of hydrogen-bond acceptors (Lipinski definition) is 10. The average molecular weight is 712 g/mol. The van der Waals surface area contributed by atoms with Crippen LogP contribution in [0.15, 0.2) is 90.1 Å². The molecule has 14 heteroatoms. The van der Waals surface area contributed by atoms with Crippen LogP contribution in [0.1, 0.15) is 22.3 Å². The van der Waals surface area contributed by atoms with Crippen LogP contribution in [0, 0.1) is 17.0 Å². The molecule has 0 amide bonds. The number of fused-ring (bicyclic) bond motifs is 3. The van der Waals surface area contributed by atoms with Crippen LogP contribution in [0.4, 0.5) is 8.78 Å². The van der Waals surface area contributed by atoms with Crippen molar-refractivity contribution < 1.29 is 37.6 Å². The number of nitrogens with two attached hydrogens (primary N) is 1. The van der Waals surface area contributed by atoms with E-state index in [9.17, 15) is 9.90 Å². The molecule has 258 valence electrons. The summed E-state index contributed by atoms with van der Waals surface area (Å²) in [5.41, 5.74) is 6.79. The number of nitrogens with one attached hydrogen (secondary N) is 1. The minimum absolute atomic E-state index is 0.00592. The van der Waals surface area contributed by atoms with E-state index >= 15 is 8.78 Å². The molecule has 7 rings (SSSR count). The third-order valence-corrected chi connectivity index (χ3v) is 8.78. The number of pyridine rings is 1. The van der Waals surface area contributed by atoms with E-state index < -0.39 is 40.6 Å². The highest BCUT2D eigenvalue weighted by Crippen LogP contribution is 2.51. The fourth-order valence-corrected chi connectivity index (χ4v) is 6.31. The summed E-state index contributed by atoms with van der Waals surface area (Å²) in [6, 6.07) is 20.8. The van der Waals surface area contributed by atoms with E-state index in [1.807, 2.05) is 23.1 Å². The van der Waals surface area contributed by atoms with E-state index in [4.69, 9.17) is 41.7 Å². The fourth-order valence-electron chi connectivity index (χ4n) is 6.14. The number of aliphatic imine (C=N–C) groups is 1. The second-order valence-corrected chi connectivity index (χ2v) is 12.1. The van der Waals surface area contributed by atoms with Crippen molar-refractivity contribution in [2.45, 2.75) is 5.60 Å². The molecule has 2 heterocycles. The summed E-state index contributed by atoms with van der Waals surface area (Å²) in [6.07, 6.45) is 0.705. The lowest BCUT2D eigenvalue weighted by molar-refractivity contribution is -0.156. The number of amidine groups is 2. The van der Waals surface area contributed by atoms with E-state index in [2.05, 4.69) is 9.98 Å². The molecule has 1 aliphatic heterocycles. The summed E-state index contributed by atoms with van der Waals surface area (Å²) >= 11 is 6.43. The Hall–Kier alpha value is -6.21. The highest BCUT2D eigenvalue weighted by Gasteiger charge is 2.53. The van der Waals surface area contributed by atoms with Crippen LogP contribution in [0.3, 0.4) is 0 Å². The lowest BCUT2D eigenvalue weighted by atomic mass is 9.91. The normalized spacial score (nSPS) is 15.9. The van der Waals surface area contributed by atoms with Crippen LogP contribution in [0.5, 0.6) is 34.6 Å². The van der Waals surface area contributed by atoms with Gasteiger partial charge in [-0.15, -0.1) is 0 Å². The summed E-state index contributed by atoms with van der Waals surface area (Å²) in [4.78, 5) is 23.9. The average Bonchev–Trinajstić information content (AvgIpc) is 3.67. The van der Waals surface area contributed by atoms with Gasteiger partial charge in [-0.2, -0.15) is 4.39 Å². The van der Waals surface area contributed by atoms with Gasteiger partial charge in [0, 0.05) is 35.3 Å². The van der Waals surface area contributed by atoms with E-state index in [-0.39, 0.29) is 28.6 Å². The number of carbonyl (C=O) groups is 1. The lowest BCUT2D eigenvalue weighted by Gasteiger charge is -2.30. The third-order valence-electron chi connectivity index (χ3n) is 8.54. The number of halogens is 3. The van der Waals surface area contributed by atoms with Crippen molar-refractivity contribution in [2.24, 2.45) is 10.7 Å². The molecule has 1 unspecified atom stereocenters. The van der Waals surface area contributed by atoms with Crippen molar-refractivity contribution in [2.75, 3.05) is 27.2 Å². The lowest BCUT2D eigenvalue weighted by Crippen LogP contribution is -2.42. The molecule has 1 atom stereocenters. The number of nitrogens with zero attached hydrogens (tertiary/aromatic N) is 3. The molecule has 1 aliphatic carbocycles. The first kappa shape index (κ1) is 33.3. The topological polar surface area (TPSA) is 153 Å². The summed E-state index contributed by atoms with van der Waals surface area (Å²) in [7, 11) is 3.06. The molecule has 5 aromatic rings. The van der Waals surface area contributed by atoms with E-state index in [1.54, 1.807) is 37.4 Å². The van der Waals surface area contributed by atoms with Crippen LogP contribution >= 0.6 is 11.6 Å². The zero-order chi connectivity index (χ0) is 36.0. The van der Waals surface area contributed by atoms with Crippen LogP contribution in [-0.2, 0) is 15.1 Å². The molecular formula is C37H28ClF2N5O6. The number of phenols is 1.